The second-order valence-electron chi connectivity index (χ2n) is 9.02. The summed E-state index contributed by atoms with van der Waals surface area (Å²) in [5.74, 6) is -1.57. The largest absolute Gasteiger partial charge is 0.507 e. The molecule has 1 atom stereocenters. The monoisotopic (exact) mass is 500 g/mol. The molecule has 3 aromatic rings. The van der Waals surface area contributed by atoms with Gasteiger partial charge in [0.05, 0.1) is 31.2 Å². The third-order valence-electron chi connectivity index (χ3n) is 6.04. The van der Waals surface area contributed by atoms with Crippen LogP contribution in [0.1, 0.15) is 42.1 Å². The van der Waals surface area contributed by atoms with Crippen molar-refractivity contribution < 1.29 is 29.0 Å². The third-order valence-corrected chi connectivity index (χ3v) is 6.04. The van der Waals surface area contributed by atoms with Gasteiger partial charge in [-0.15, -0.1) is 0 Å². The summed E-state index contributed by atoms with van der Waals surface area (Å²) in [4.78, 5) is 44.1. The average Bonchev–Trinajstić information content (AvgIpc) is 3.14. The van der Waals surface area contributed by atoms with Gasteiger partial charge in [0.1, 0.15) is 11.5 Å². The summed E-state index contributed by atoms with van der Waals surface area (Å²) in [6.07, 6.45) is 3.02. The number of methoxy groups -OCH3 is 1. The number of carbonyl (C=O) groups excluding carboxylic acids is 3. The molecule has 1 aliphatic rings. The number of ether oxygens (including phenoxy) is 2. The molecule has 1 aliphatic heterocycles. The molecular formula is C29H28N2O6. The van der Waals surface area contributed by atoms with Crippen molar-refractivity contribution in [3.8, 4) is 5.75 Å². The van der Waals surface area contributed by atoms with Gasteiger partial charge in [-0.25, -0.2) is 0 Å². The van der Waals surface area contributed by atoms with Crippen LogP contribution >= 0.6 is 0 Å². The molecule has 1 saturated heterocycles. The van der Waals surface area contributed by atoms with Crippen molar-refractivity contribution in [3.05, 3.63) is 94.8 Å². The first kappa shape index (κ1) is 25.6. The van der Waals surface area contributed by atoms with Crippen molar-refractivity contribution in [2.24, 2.45) is 0 Å². The van der Waals surface area contributed by atoms with Crippen molar-refractivity contribution in [2.45, 2.75) is 39.3 Å². The third kappa shape index (κ3) is 5.23. The Bertz CT molecular complexity index is 1360. The zero-order valence-corrected chi connectivity index (χ0v) is 21.1. The lowest BCUT2D eigenvalue weighted by molar-refractivity contribution is -0.146. The molecule has 0 bridgehead atoms. The number of nitrogens with zero attached hydrogens (tertiary/aromatic N) is 2. The lowest BCUT2D eigenvalue weighted by atomic mass is 9.95. The highest BCUT2D eigenvalue weighted by molar-refractivity contribution is 6.51. The molecule has 8 nitrogen and oxygen atoms in total. The number of benzene rings is 2. The maximum atomic E-state index is 13.3. The summed E-state index contributed by atoms with van der Waals surface area (Å²) in [6.45, 7) is 5.39. The molecule has 1 aromatic heterocycles. The van der Waals surface area contributed by atoms with E-state index >= 15 is 0 Å². The number of amides is 1. The van der Waals surface area contributed by atoms with Crippen LogP contribution in [0.4, 0.5) is 5.69 Å². The van der Waals surface area contributed by atoms with Crippen LogP contribution in [0.15, 0.2) is 72.6 Å². The number of aromatic nitrogens is 1. The van der Waals surface area contributed by atoms with Crippen LogP contribution in [0.2, 0.25) is 0 Å². The molecule has 190 valence electrons. The number of aliphatic hydroxyl groups is 1. The Morgan fingerprint density at radius 3 is 2.43 bits per heavy atom. The van der Waals surface area contributed by atoms with E-state index in [1.54, 1.807) is 87.9 Å². The number of aliphatic hydroxyl groups excluding tert-OH is 1. The fraction of sp³-hybridized carbons (Fsp3) is 0.241. The van der Waals surface area contributed by atoms with Crippen molar-refractivity contribution >= 4 is 29.1 Å². The predicted octanol–water partition coefficient (Wildman–Crippen LogP) is 4.52. The van der Waals surface area contributed by atoms with Crippen LogP contribution in [-0.4, -0.2) is 41.0 Å². The van der Waals surface area contributed by atoms with Crippen molar-refractivity contribution in [1.82, 2.24) is 4.98 Å². The number of hydrogen-bond acceptors (Lipinski definition) is 7. The molecule has 1 amide bonds. The first-order valence-electron chi connectivity index (χ1n) is 11.9. The number of aryl methyl sites for hydroxylation is 1. The summed E-state index contributed by atoms with van der Waals surface area (Å²) >= 11 is 0. The van der Waals surface area contributed by atoms with Gasteiger partial charge in [-0.1, -0.05) is 18.2 Å². The van der Waals surface area contributed by atoms with Crippen molar-refractivity contribution in [1.29, 1.82) is 0 Å². The molecule has 0 aliphatic carbocycles. The van der Waals surface area contributed by atoms with Crippen LogP contribution in [-0.2, 0) is 25.5 Å². The number of anilines is 1. The smallest absolute Gasteiger partial charge is 0.310 e. The Labute approximate surface area is 215 Å². The standard InChI is InChI=1S/C29H28N2O6/c1-17(2)37-24(32)15-19-7-10-22(11-8-19)31-26(21-6-5-13-30-16-21)25(28(34)29(31)35)27(33)20-9-12-23(36-4)18(3)14-20/h5-14,16-17,26,33H,15H2,1-4H3/b27-25-. The molecule has 8 heteroatoms. The first-order valence-corrected chi connectivity index (χ1v) is 11.9. The minimum Gasteiger partial charge on any atom is -0.507 e. The van der Waals surface area contributed by atoms with E-state index in [0.29, 0.717) is 28.1 Å². The lowest BCUT2D eigenvalue weighted by Gasteiger charge is -2.25. The van der Waals surface area contributed by atoms with E-state index in [1.165, 1.54) is 4.90 Å². The molecule has 0 radical (unpaired) electrons. The fourth-order valence-corrected chi connectivity index (χ4v) is 4.38. The molecule has 2 heterocycles. The van der Waals surface area contributed by atoms with E-state index in [1.807, 2.05) is 6.92 Å². The number of ketones is 1. The molecule has 4 rings (SSSR count). The average molecular weight is 501 g/mol. The SMILES string of the molecule is COc1ccc(/C(O)=C2/C(=O)C(=O)N(c3ccc(CC(=O)OC(C)C)cc3)C2c2cccnc2)cc1C. The van der Waals surface area contributed by atoms with Gasteiger partial charge in [0.25, 0.3) is 11.7 Å². The molecule has 1 unspecified atom stereocenters. The number of carbonyl (C=O) groups is 3. The number of Topliss-reactive ketones (excluding diaryl/α,β-unsaturated/α-hetero) is 1. The fourth-order valence-electron chi connectivity index (χ4n) is 4.38. The normalized spacial score (nSPS) is 16.8. The molecule has 37 heavy (non-hydrogen) atoms. The van der Waals surface area contributed by atoms with Gasteiger partial charge in [-0.2, -0.15) is 0 Å². The Kier molecular flexibility index (Phi) is 7.38. The molecule has 1 fully saturated rings. The second-order valence-corrected chi connectivity index (χ2v) is 9.02. The maximum Gasteiger partial charge on any atom is 0.310 e. The van der Waals surface area contributed by atoms with Gasteiger partial charge >= 0.3 is 5.97 Å². The topological polar surface area (TPSA) is 106 Å². The van der Waals surface area contributed by atoms with Crippen molar-refractivity contribution in [2.75, 3.05) is 12.0 Å². The van der Waals surface area contributed by atoms with Gasteiger partial charge in [0.15, 0.2) is 0 Å². The zero-order valence-electron chi connectivity index (χ0n) is 21.1. The van der Waals surface area contributed by atoms with E-state index < -0.39 is 17.7 Å². The number of hydrogen-bond donors (Lipinski definition) is 1. The lowest BCUT2D eigenvalue weighted by Crippen LogP contribution is -2.29. The van der Waals surface area contributed by atoms with Crippen LogP contribution in [0.3, 0.4) is 0 Å². The highest BCUT2D eigenvalue weighted by Gasteiger charge is 2.47. The van der Waals surface area contributed by atoms with Gasteiger partial charge in [0, 0.05) is 23.6 Å². The van der Waals surface area contributed by atoms with Crippen LogP contribution in [0.5, 0.6) is 5.75 Å². The van der Waals surface area contributed by atoms with Crippen LogP contribution in [0.25, 0.3) is 5.76 Å². The van der Waals surface area contributed by atoms with E-state index in [2.05, 4.69) is 4.98 Å². The number of pyridine rings is 1. The Balaban J connectivity index is 1.77. The summed E-state index contributed by atoms with van der Waals surface area (Å²) in [7, 11) is 1.55. The Morgan fingerprint density at radius 2 is 1.84 bits per heavy atom. The number of esters is 1. The van der Waals surface area contributed by atoms with E-state index in [9.17, 15) is 19.5 Å². The summed E-state index contributed by atoms with van der Waals surface area (Å²) < 4.78 is 10.5. The molecular weight excluding hydrogens is 472 g/mol. The van der Waals surface area contributed by atoms with Gasteiger partial charge in [0.2, 0.25) is 0 Å². The predicted molar refractivity (Wildman–Crippen MR) is 138 cm³/mol. The zero-order chi connectivity index (χ0) is 26.7. The maximum absolute atomic E-state index is 13.3. The summed E-state index contributed by atoms with van der Waals surface area (Å²) in [5, 5.41) is 11.3. The van der Waals surface area contributed by atoms with Crippen LogP contribution < -0.4 is 9.64 Å². The quantitative estimate of drug-likeness (QED) is 0.220. The first-order chi connectivity index (χ1) is 17.7. The highest BCUT2D eigenvalue weighted by atomic mass is 16.5. The Morgan fingerprint density at radius 1 is 1.11 bits per heavy atom. The number of rotatable bonds is 7. The highest BCUT2D eigenvalue weighted by Crippen LogP contribution is 2.42. The van der Waals surface area contributed by atoms with Gasteiger partial charge in [-0.3, -0.25) is 24.3 Å². The van der Waals surface area contributed by atoms with Gasteiger partial charge < -0.3 is 14.6 Å². The van der Waals surface area contributed by atoms with Crippen molar-refractivity contribution in [3.63, 3.8) is 0 Å². The van der Waals surface area contributed by atoms with E-state index in [0.717, 1.165) is 5.56 Å². The minimum absolute atomic E-state index is 0.0350. The minimum atomic E-state index is -0.895. The Hall–Kier alpha value is -4.46. The second kappa shape index (κ2) is 10.7. The van der Waals surface area contributed by atoms with E-state index in [-0.39, 0.29) is 29.8 Å². The summed E-state index contributed by atoms with van der Waals surface area (Å²) in [6, 6.07) is 14.4. The van der Waals surface area contributed by atoms with E-state index in [4.69, 9.17) is 9.47 Å². The summed E-state index contributed by atoms with van der Waals surface area (Å²) in [5.41, 5.74) is 2.85. The molecule has 1 N–H and O–H groups in total. The van der Waals surface area contributed by atoms with Crippen LogP contribution in [0, 0.1) is 6.92 Å². The van der Waals surface area contributed by atoms with Gasteiger partial charge in [-0.05, 0) is 73.9 Å². The molecule has 0 spiro atoms. The molecule has 2 aromatic carbocycles. The molecule has 0 saturated carbocycles.